The number of nitrogens with one attached hydrogen (secondary N) is 4. The number of hydrogen-bond acceptors (Lipinski definition) is 18. The van der Waals surface area contributed by atoms with E-state index in [4.69, 9.17) is 23.7 Å². The third-order valence-corrected chi connectivity index (χ3v) is 30.1. The van der Waals surface area contributed by atoms with Crippen LogP contribution in [0.3, 0.4) is 0 Å². The van der Waals surface area contributed by atoms with Gasteiger partial charge in [-0.15, -0.1) is 0 Å². The maximum Gasteiger partial charge on any atom is 0.391 e. The third-order valence-electron chi connectivity index (χ3n) is 30.1. The number of rotatable bonds is 27. The highest BCUT2D eigenvalue weighted by Gasteiger charge is 2.46. The first kappa shape index (κ1) is 102. The van der Waals surface area contributed by atoms with E-state index >= 15 is 0 Å². The molecule has 8 aromatic rings. The molecular weight excluding hydrogens is 1820 g/mol. The van der Waals surface area contributed by atoms with Crippen LogP contribution in [-0.2, 0) is 103 Å². The summed E-state index contributed by atoms with van der Waals surface area (Å²) in [5, 5.41) is 20.8. The summed E-state index contributed by atoms with van der Waals surface area (Å²) in [6.45, 7) is 35.2. The summed E-state index contributed by atoms with van der Waals surface area (Å²) in [7, 11) is 0. The van der Waals surface area contributed by atoms with E-state index in [1.807, 2.05) is 78.9 Å². The van der Waals surface area contributed by atoms with Gasteiger partial charge in [0.15, 0.2) is 0 Å². The summed E-state index contributed by atoms with van der Waals surface area (Å²) >= 11 is 0. The monoisotopic (exact) mass is 1950 g/mol. The number of aliphatic hydroxyl groups is 1. The Morgan fingerprint density at radius 1 is 0.350 bits per heavy atom. The normalized spacial score (nSPS) is 22.1. The van der Waals surface area contributed by atoms with E-state index in [1.165, 1.54) is 48.8 Å². The zero-order valence-electron chi connectivity index (χ0n) is 82.3. The zero-order chi connectivity index (χ0) is 100. The molecule has 12 aliphatic rings. The van der Waals surface area contributed by atoms with E-state index in [-0.39, 0.29) is 66.2 Å². The average molecular weight is 1950 g/mol. The molecular formula is C114H133F3N12O14. The van der Waals surface area contributed by atoms with Crippen molar-refractivity contribution in [2.75, 3.05) is 52.5 Å². The van der Waals surface area contributed by atoms with Crippen LogP contribution in [0.25, 0.3) is 0 Å². The molecule has 4 unspecified atom stereocenters. The number of likely N-dealkylation sites (tertiary alicyclic amines) is 4. The van der Waals surface area contributed by atoms with Gasteiger partial charge in [0, 0.05) is 132 Å². The Morgan fingerprint density at radius 2 is 0.615 bits per heavy atom. The highest BCUT2D eigenvalue weighted by molar-refractivity contribution is 6.05. The summed E-state index contributed by atoms with van der Waals surface area (Å²) in [6.07, 6.45) is 9.03. The largest absolute Gasteiger partial charge is 0.489 e. The Hall–Kier alpha value is -12.8. The van der Waals surface area contributed by atoms with Crippen LogP contribution in [0.2, 0.25) is 0 Å². The molecule has 0 bridgehead atoms. The number of nitrogens with zero attached hydrogens (tertiary/aromatic N) is 8. The van der Waals surface area contributed by atoms with Gasteiger partial charge < -0.3 is 69.7 Å². The van der Waals surface area contributed by atoms with Gasteiger partial charge in [-0.3, -0.25) is 58.0 Å². The summed E-state index contributed by atoms with van der Waals surface area (Å²) in [5.41, 5.74) is 17.7. The van der Waals surface area contributed by atoms with Crippen LogP contribution in [-0.4, -0.2) is 193 Å². The van der Waals surface area contributed by atoms with E-state index < -0.39 is 36.3 Å². The number of amides is 8. The van der Waals surface area contributed by atoms with Crippen molar-refractivity contribution in [2.45, 2.75) is 257 Å². The van der Waals surface area contributed by atoms with Crippen molar-refractivity contribution in [3.05, 3.63) is 308 Å². The number of carbonyl (C=O) groups excluding carboxylic acids is 8. The first-order chi connectivity index (χ1) is 69.1. The second kappa shape index (κ2) is 46.3. The van der Waals surface area contributed by atoms with Crippen molar-refractivity contribution in [3.8, 4) is 23.0 Å². The zero-order valence-corrected chi connectivity index (χ0v) is 82.3. The molecule has 0 radical (unpaired) electrons. The first-order valence-corrected chi connectivity index (χ1v) is 50.8. The number of fused-ring (bicyclic) bond motifs is 4. The molecule has 0 aliphatic carbocycles. The molecule has 26 nitrogen and oxygen atoms in total. The molecule has 20 rings (SSSR count). The molecule has 143 heavy (non-hydrogen) atoms. The molecule has 6 atom stereocenters. The summed E-state index contributed by atoms with van der Waals surface area (Å²) in [6, 6.07) is 54.9. The molecule has 8 saturated heterocycles. The Bertz CT molecular complexity index is 5980. The number of hydrogen-bond donors (Lipinski definition) is 5. The fraction of sp³-hybridized carbons (Fsp3) is 0.439. The lowest BCUT2D eigenvalue weighted by atomic mass is 9.96. The molecule has 0 saturated carbocycles. The van der Waals surface area contributed by atoms with Crippen molar-refractivity contribution < 1.29 is 80.3 Å². The third kappa shape index (κ3) is 25.0. The van der Waals surface area contributed by atoms with E-state index in [1.54, 1.807) is 37.8 Å². The molecule has 8 fully saturated rings. The highest BCUT2D eigenvalue weighted by atomic mass is 19.4. The van der Waals surface area contributed by atoms with Gasteiger partial charge in [0.2, 0.25) is 23.6 Å². The predicted octanol–water partition coefficient (Wildman–Crippen LogP) is 16.8. The lowest BCUT2D eigenvalue weighted by Gasteiger charge is -2.39. The average Bonchev–Trinajstić information content (AvgIpc) is 1.64. The van der Waals surface area contributed by atoms with Gasteiger partial charge in [-0.05, 0) is 249 Å². The lowest BCUT2D eigenvalue weighted by Crippen LogP contribution is -2.49. The second-order valence-electron chi connectivity index (χ2n) is 40.2. The molecule has 8 amide bonds. The first-order valence-electron chi connectivity index (χ1n) is 50.8. The number of allylic oxidation sites excluding steroid dienone is 4. The number of benzene rings is 8. The van der Waals surface area contributed by atoms with Gasteiger partial charge in [-0.2, -0.15) is 13.2 Å². The van der Waals surface area contributed by atoms with Crippen molar-refractivity contribution in [2.24, 2.45) is 11.8 Å². The van der Waals surface area contributed by atoms with Gasteiger partial charge in [-0.1, -0.05) is 154 Å². The van der Waals surface area contributed by atoms with E-state index in [2.05, 4.69) is 161 Å². The van der Waals surface area contributed by atoms with Gasteiger partial charge in [-0.25, -0.2) is 0 Å². The van der Waals surface area contributed by atoms with Crippen LogP contribution in [0.4, 0.5) is 13.2 Å². The summed E-state index contributed by atoms with van der Waals surface area (Å²) < 4.78 is 68.9. The van der Waals surface area contributed by atoms with Gasteiger partial charge in [0.25, 0.3) is 23.6 Å². The van der Waals surface area contributed by atoms with Crippen molar-refractivity contribution in [1.29, 1.82) is 0 Å². The van der Waals surface area contributed by atoms with Gasteiger partial charge in [0.05, 0.1) is 38.2 Å². The maximum atomic E-state index is 13.1. The van der Waals surface area contributed by atoms with Crippen LogP contribution in [0.5, 0.6) is 23.0 Å². The van der Waals surface area contributed by atoms with E-state index in [9.17, 15) is 56.6 Å². The number of piperidine rings is 8. The molecule has 0 aromatic heterocycles. The smallest absolute Gasteiger partial charge is 0.391 e. The highest BCUT2D eigenvalue weighted by Crippen LogP contribution is 2.42. The van der Waals surface area contributed by atoms with Gasteiger partial charge >= 0.3 is 6.18 Å². The van der Waals surface area contributed by atoms with Crippen LogP contribution in [0.15, 0.2) is 219 Å². The van der Waals surface area contributed by atoms with Crippen LogP contribution < -0.4 is 40.2 Å². The minimum Gasteiger partial charge on any atom is -0.489 e. The Balaban J connectivity index is 0.000000131. The van der Waals surface area contributed by atoms with Crippen molar-refractivity contribution >= 4 is 47.3 Å². The molecule has 5 N–H and O–H groups in total. The van der Waals surface area contributed by atoms with Crippen molar-refractivity contribution in [3.63, 3.8) is 0 Å². The number of aliphatic hydroxyl groups excluding tert-OH is 1. The maximum absolute atomic E-state index is 13.1. The minimum atomic E-state index is -4.10. The molecule has 12 aliphatic heterocycles. The molecule has 8 aromatic carbocycles. The minimum absolute atomic E-state index is 0.108. The topological polar surface area (TPSA) is 277 Å². The summed E-state index contributed by atoms with van der Waals surface area (Å²) in [5.74, 6) is 1.02. The Labute approximate surface area is 836 Å². The molecule has 12 heterocycles. The molecule has 0 spiro atoms. The van der Waals surface area contributed by atoms with E-state index in [0.29, 0.717) is 210 Å². The van der Waals surface area contributed by atoms with Crippen LogP contribution in [0, 0.1) is 11.8 Å². The fourth-order valence-electron chi connectivity index (χ4n) is 21.6. The Kier molecular flexibility index (Phi) is 32.9. The van der Waals surface area contributed by atoms with Crippen LogP contribution in [0.1, 0.15) is 238 Å². The van der Waals surface area contributed by atoms with Gasteiger partial charge in [0.1, 0.15) is 73.6 Å². The number of carbonyl (C=O) groups is 8. The van der Waals surface area contributed by atoms with E-state index in [0.717, 1.165) is 122 Å². The fourth-order valence-corrected chi connectivity index (χ4v) is 21.6. The standard InChI is InChI=1S/C30H37N3O4.C29H35N3O3.C28H30F3N3O3.C27H31N3O4/c1-3-36-19-24-13-15-32(16-14-24)17-22-8-10-23(11-9-22)20-37-28-6-4-5-25-26(28)18-33(30(25)35)27-12-7-21(2)31-29(27)34;1-19-10-15-26(28(33)30-19)32-17-25-24(29(32)34)8-5-9-27(25)35-18-23-13-11-22(12-14-23)16-31-20(2)6-4-7-21(31)3;1-18-5-10-24(26(35)32-18)34-16-23-22(27(34)36)3-2-4-25(23)37-17-20-8-6-19(7-9-20)15-33-13-11-21(12-14-33)28(29,30)31;1-18-5-10-24(26(32)28-18)30-16-23-22(27(30)33)3-2-4-25(23)34-17-20-8-6-19(7-9-20)15-29-13-11-21(31)12-14-29/h4-6,8-11,24,27H,2-3,7,12-20H2,1H3,(H,31,34);5,8-9,11-14,20-21,26H,1,4,6-7,10,15-18H2,2-3H3,(H,30,33);2-4,6-9,21,24H,1,5,10-17H2,(H,32,35);2-4,6-9,21,24,31H,1,5,10-17H2,(H,28,32)/t;20-,21+,26?;;. The molecule has 754 valence electrons. The number of halogens is 3. The number of alkyl halides is 3. The quantitative estimate of drug-likeness (QED) is 0.0320. The number of ether oxygens (including phenoxy) is 5. The van der Waals surface area contributed by atoms with Crippen molar-refractivity contribution in [1.82, 2.24) is 60.5 Å². The lowest BCUT2D eigenvalue weighted by molar-refractivity contribution is -0.185. The predicted molar refractivity (Wildman–Crippen MR) is 537 cm³/mol. The molecule has 29 heteroatoms. The second-order valence-corrected chi connectivity index (χ2v) is 40.2. The SMILES string of the molecule is C=C1CCC(N2Cc3c(OCc4ccc(CN5CCC(C(F)(F)F)CC5)cc4)cccc3C2=O)C(=O)N1.C=C1CCC(N2Cc3c(OCc4ccc(CN5CCC(COCC)CC5)cc4)cccc3C2=O)C(=O)N1.C=C1CCC(N2Cc3c(OCc4ccc(CN5CCC(O)CC5)cc4)cccc3C2=O)C(=O)N1.C=C1CCC(N2Cc3c(OCc4ccc(CN5[C@H](C)CCC[C@@H]5C)cc4)cccc3C2=O)C(=O)N1. The Morgan fingerprint density at radius 3 is 0.888 bits per heavy atom. The van der Waals surface area contributed by atoms with Crippen LogP contribution >= 0.6 is 0 Å². The summed E-state index contributed by atoms with van der Waals surface area (Å²) in [4.78, 5) is 118.